The van der Waals surface area contributed by atoms with Crippen molar-refractivity contribution in [3.8, 4) is 5.75 Å². The fourth-order valence-corrected chi connectivity index (χ4v) is 1.62. The van der Waals surface area contributed by atoms with Crippen molar-refractivity contribution in [3.05, 3.63) is 28.7 Å². The number of benzene rings is 1. The third-order valence-corrected chi connectivity index (χ3v) is 2.88. The molecule has 100 valence electrons. The SMILES string of the molecule is CC(Oc1ccccc1Br)C(=O)NCC(C)(C)N. The summed E-state index contributed by atoms with van der Waals surface area (Å²) in [6.07, 6.45) is -0.564. The van der Waals surface area contributed by atoms with Crippen molar-refractivity contribution in [1.29, 1.82) is 0 Å². The lowest BCUT2D eigenvalue weighted by molar-refractivity contribution is -0.127. The maximum atomic E-state index is 11.8. The van der Waals surface area contributed by atoms with Gasteiger partial charge in [-0.3, -0.25) is 4.79 Å². The zero-order valence-corrected chi connectivity index (χ0v) is 12.5. The summed E-state index contributed by atoms with van der Waals surface area (Å²) in [6, 6.07) is 7.41. The number of halogens is 1. The van der Waals surface area contributed by atoms with Crippen LogP contribution in [0.5, 0.6) is 5.75 Å². The summed E-state index contributed by atoms with van der Waals surface area (Å²) < 4.78 is 6.40. The van der Waals surface area contributed by atoms with Crippen LogP contribution in [0.1, 0.15) is 20.8 Å². The average Bonchev–Trinajstić information content (AvgIpc) is 2.28. The quantitative estimate of drug-likeness (QED) is 0.874. The van der Waals surface area contributed by atoms with Gasteiger partial charge in [-0.05, 0) is 48.8 Å². The number of carbonyl (C=O) groups excluding carboxylic acids is 1. The number of nitrogens with one attached hydrogen (secondary N) is 1. The molecule has 1 aromatic carbocycles. The second kappa shape index (κ2) is 6.20. The number of amides is 1. The highest BCUT2D eigenvalue weighted by atomic mass is 79.9. The Labute approximate surface area is 116 Å². The lowest BCUT2D eigenvalue weighted by atomic mass is 10.1. The van der Waals surface area contributed by atoms with Crippen LogP contribution in [0.4, 0.5) is 0 Å². The van der Waals surface area contributed by atoms with Crippen LogP contribution in [-0.4, -0.2) is 24.1 Å². The van der Waals surface area contributed by atoms with Crippen LogP contribution in [0.15, 0.2) is 28.7 Å². The molecule has 0 saturated heterocycles. The number of para-hydroxylation sites is 1. The minimum absolute atomic E-state index is 0.177. The fraction of sp³-hybridized carbons (Fsp3) is 0.462. The number of hydrogen-bond donors (Lipinski definition) is 2. The molecular weight excluding hydrogens is 296 g/mol. The van der Waals surface area contributed by atoms with Crippen LogP contribution < -0.4 is 15.8 Å². The average molecular weight is 315 g/mol. The molecule has 0 aliphatic heterocycles. The molecule has 0 fully saturated rings. The van der Waals surface area contributed by atoms with Crippen LogP contribution in [0.25, 0.3) is 0 Å². The Bertz CT molecular complexity index is 416. The van der Waals surface area contributed by atoms with Crippen LogP contribution in [-0.2, 0) is 4.79 Å². The third kappa shape index (κ3) is 5.06. The summed E-state index contributed by atoms with van der Waals surface area (Å²) in [5.41, 5.74) is 5.37. The molecule has 1 atom stereocenters. The van der Waals surface area contributed by atoms with Crippen molar-refractivity contribution in [1.82, 2.24) is 5.32 Å². The maximum Gasteiger partial charge on any atom is 0.260 e. The second-order valence-electron chi connectivity index (χ2n) is 4.90. The van der Waals surface area contributed by atoms with Gasteiger partial charge in [0.1, 0.15) is 5.75 Å². The topological polar surface area (TPSA) is 64.3 Å². The molecule has 0 saturated carbocycles. The van der Waals surface area contributed by atoms with Crippen molar-refractivity contribution >= 4 is 21.8 Å². The smallest absolute Gasteiger partial charge is 0.260 e. The van der Waals surface area contributed by atoms with Gasteiger partial charge in [-0.1, -0.05) is 12.1 Å². The molecule has 18 heavy (non-hydrogen) atoms. The lowest BCUT2D eigenvalue weighted by Crippen LogP contribution is -2.48. The van der Waals surface area contributed by atoms with E-state index in [1.807, 2.05) is 32.0 Å². The van der Waals surface area contributed by atoms with Crippen molar-refractivity contribution < 1.29 is 9.53 Å². The van der Waals surface area contributed by atoms with Gasteiger partial charge in [-0.2, -0.15) is 0 Å². The predicted molar refractivity (Wildman–Crippen MR) is 75.5 cm³/mol. The summed E-state index contributed by atoms with van der Waals surface area (Å²) in [6.45, 7) is 5.83. The first-order valence-electron chi connectivity index (χ1n) is 5.77. The molecule has 1 rings (SSSR count). The second-order valence-corrected chi connectivity index (χ2v) is 5.75. The molecule has 0 aromatic heterocycles. The molecule has 4 nitrogen and oxygen atoms in total. The number of carbonyl (C=O) groups is 1. The van der Waals surface area contributed by atoms with Gasteiger partial charge in [0, 0.05) is 12.1 Å². The summed E-state index contributed by atoms with van der Waals surface area (Å²) in [5, 5.41) is 2.76. The van der Waals surface area contributed by atoms with Crippen LogP contribution >= 0.6 is 15.9 Å². The molecule has 1 aromatic rings. The van der Waals surface area contributed by atoms with Gasteiger partial charge in [0.2, 0.25) is 0 Å². The molecule has 0 aliphatic carbocycles. The van der Waals surface area contributed by atoms with Crippen molar-refractivity contribution in [2.45, 2.75) is 32.4 Å². The Hall–Kier alpha value is -1.07. The van der Waals surface area contributed by atoms with Crippen molar-refractivity contribution in [3.63, 3.8) is 0 Å². The van der Waals surface area contributed by atoms with Crippen molar-refractivity contribution in [2.75, 3.05) is 6.54 Å². The number of hydrogen-bond acceptors (Lipinski definition) is 3. The molecule has 1 unspecified atom stereocenters. The lowest BCUT2D eigenvalue weighted by Gasteiger charge is -2.21. The van der Waals surface area contributed by atoms with E-state index in [1.165, 1.54) is 0 Å². The molecule has 3 N–H and O–H groups in total. The summed E-state index contributed by atoms with van der Waals surface area (Å²) in [5.74, 6) is 0.469. The Kier molecular flexibility index (Phi) is 5.16. The van der Waals surface area contributed by atoms with E-state index >= 15 is 0 Å². The summed E-state index contributed by atoms with van der Waals surface area (Å²) in [4.78, 5) is 11.8. The summed E-state index contributed by atoms with van der Waals surface area (Å²) >= 11 is 3.37. The van der Waals surface area contributed by atoms with Gasteiger partial charge in [0.15, 0.2) is 6.10 Å². The van der Waals surface area contributed by atoms with E-state index in [-0.39, 0.29) is 5.91 Å². The molecule has 0 radical (unpaired) electrons. The first-order valence-corrected chi connectivity index (χ1v) is 6.57. The standard InChI is InChI=1S/C13H19BrN2O2/c1-9(12(17)16-8-13(2,3)15)18-11-7-5-4-6-10(11)14/h4-7,9H,8,15H2,1-3H3,(H,16,17). The molecular formula is C13H19BrN2O2. The largest absolute Gasteiger partial charge is 0.480 e. The van der Waals surface area contributed by atoms with Gasteiger partial charge < -0.3 is 15.8 Å². The summed E-state index contributed by atoms with van der Waals surface area (Å²) in [7, 11) is 0. The highest BCUT2D eigenvalue weighted by Crippen LogP contribution is 2.24. The third-order valence-electron chi connectivity index (χ3n) is 2.23. The van der Waals surface area contributed by atoms with Crippen LogP contribution in [0.2, 0.25) is 0 Å². The maximum absolute atomic E-state index is 11.8. The zero-order valence-electron chi connectivity index (χ0n) is 10.9. The fourth-order valence-electron chi connectivity index (χ4n) is 1.24. The molecule has 0 aliphatic rings. The normalized spacial score (nSPS) is 12.9. The van der Waals surface area contributed by atoms with E-state index in [0.29, 0.717) is 12.3 Å². The van der Waals surface area contributed by atoms with Crippen LogP contribution in [0, 0.1) is 0 Å². The van der Waals surface area contributed by atoms with Gasteiger partial charge >= 0.3 is 0 Å². The van der Waals surface area contributed by atoms with Gasteiger partial charge in [0.05, 0.1) is 4.47 Å². The first kappa shape index (κ1) is 15.0. The van der Waals surface area contributed by atoms with Crippen LogP contribution in [0.3, 0.4) is 0 Å². The van der Waals surface area contributed by atoms with E-state index < -0.39 is 11.6 Å². The van der Waals surface area contributed by atoms with E-state index in [9.17, 15) is 4.79 Å². The van der Waals surface area contributed by atoms with Gasteiger partial charge in [-0.25, -0.2) is 0 Å². The van der Waals surface area contributed by atoms with Gasteiger partial charge in [-0.15, -0.1) is 0 Å². The number of nitrogens with two attached hydrogens (primary N) is 1. The van der Waals surface area contributed by atoms with E-state index in [2.05, 4.69) is 21.2 Å². The Balaban J connectivity index is 2.53. The van der Waals surface area contributed by atoms with E-state index in [4.69, 9.17) is 10.5 Å². The Morgan fingerprint density at radius 2 is 2.11 bits per heavy atom. The van der Waals surface area contributed by atoms with E-state index in [1.54, 1.807) is 13.0 Å². The molecule has 0 spiro atoms. The minimum Gasteiger partial charge on any atom is -0.480 e. The van der Waals surface area contributed by atoms with E-state index in [0.717, 1.165) is 4.47 Å². The predicted octanol–water partition coefficient (Wildman–Crippen LogP) is 2.07. The number of ether oxygens (including phenoxy) is 1. The Morgan fingerprint density at radius 1 is 1.50 bits per heavy atom. The highest BCUT2D eigenvalue weighted by molar-refractivity contribution is 9.10. The monoisotopic (exact) mass is 314 g/mol. The number of rotatable bonds is 5. The highest BCUT2D eigenvalue weighted by Gasteiger charge is 2.18. The Morgan fingerprint density at radius 3 is 2.67 bits per heavy atom. The molecule has 5 heteroatoms. The molecule has 0 heterocycles. The van der Waals surface area contributed by atoms with Crippen molar-refractivity contribution in [2.24, 2.45) is 5.73 Å². The minimum atomic E-state index is -0.564. The van der Waals surface area contributed by atoms with Gasteiger partial charge in [0.25, 0.3) is 5.91 Å². The molecule has 1 amide bonds. The first-order chi connectivity index (χ1) is 8.29. The molecule has 0 bridgehead atoms. The zero-order chi connectivity index (χ0) is 13.8.